The van der Waals surface area contributed by atoms with Gasteiger partial charge < -0.3 is 6.42 Å². The number of benzene rings is 1. The summed E-state index contributed by atoms with van der Waals surface area (Å²) >= 11 is 0. The molecule has 16 heavy (non-hydrogen) atoms. The summed E-state index contributed by atoms with van der Waals surface area (Å²) in [6.07, 6.45) is 3.34. The summed E-state index contributed by atoms with van der Waals surface area (Å²) < 4.78 is 0. The quantitative estimate of drug-likeness (QED) is 0.565. The van der Waals surface area contributed by atoms with Crippen LogP contribution in [0.1, 0.15) is 40.3 Å². The summed E-state index contributed by atoms with van der Waals surface area (Å²) in [4.78, 5) is 0. The Bertz CT molecular complexity index is 327. The third-order valence-electron chi connectivity index (χ3n) is 3.56. The average Bonchev–Trinajstić information content (AvgIpc) is 2.19. The van der Waals surface area contributed by atoms with Gasteiger partial charge in [-0.25, -0.2) is 0 Å². The molecule has 0 aromatic heterocycles. The first-order chi connectivity index (χ1) is 6.50. The number of hydrogen-bond acceptors (Lipinski definition) is 0. The monoisotopic (exact) mass is 478 g/mol. The van der Waals surface area contributed by atoms with Crippen molar-refractivity contribution in [1.29, 1.82) is 0 Å². The largest absolute Gasteiger partial charge is 0.327 e. The Morgan fingerprint density at radius 3 is 1.38 bits per heavy atom. The summed E-state index contributed by atoms with van der Waals surface area (Å²) in [5.41, 5.74) is 8.86. The molecule has 2 heteroatoms. The molecule has 1 radical (unpaired) electrons. The van der Waals surface area contributed by atoms with Gasteiger partial charge in [0.15, 0.2) is 0 Å². The third-order valence-corrected chi connectivity index (χ3v) is 3.56. The Morgan fingerprint density at radius 2 is 1.06 bits per heavy atom. The molecule has 0 saturated heterocycles. The van der Waals surface area contributed by atoms with Gasteiger partial charge in [-0.2, -0.15) is 13.3 Å². The molecule has 0 aliphatic carbocycles. The van der Waals surface area contributed by atoms with Gasteiger partial charge in [0.2, 0.25) is 0 Å². The van der Waals surface area contributed by atoms with E-state index in [1.54, 1.807) is 0 Å². The summed E-state index contributed by atoms with van der Waals surface area (Å²) in [5, 5.41) is 0. The van der Waals surface area contributed by atoms with Crippen LogP contribution in [-0.2, 0) is 25.0 Å². The minimum atomic E-state index is 0. The van der Waals surface area contributed by atoms with Crippen LogP contribution in [0.15, 0.2) is 0 Å². The maximum atomic E-state index is 2.24. The van der Waals surface area contributed by atoms with Crippen LogP contribution >= 0.6 is 0 Å². The summed E-state index contributed by atoms with van der Waals surface area (Å²) in [6.45, 7) is 13.3. The SMILES string of the molecule is C[CH-]Cc1c(C)c(C)c(C)c(C)c1C.[U].[V]. The third kappa shape index (κ3) is 3.68. The van der Waals surface area contributed by atoms with Gasteiger partial charge in [-0.1, -0.05) is 5.56 Å². The van der Waals surface area contributed by atoms with Crippen LogP contribution in [0.5, 0.6) is 0 Å². The van der Waals surface area contributed by atoms with Crippen LogP contribution in [0.3, 0.4) is 0 Å². The zero-order valence-corrected chi connectivity index (χ0v) is 16.8. The van der Waals surface area contributed by atoms with E-state index in [4.69, 9.17) is 0 Å². The normalized spacial score (nSPS) is 9.38. The van der Waals surface area contributed by atoms with E-state index in [2.05, 4.69) is 48.0 Å². The first-order valence-electron chi connectivity index (χ1n) is 5.34. The molecule has 0 unspecified atom stereocenters. The van der Waals surface area contributed by atoms with E-state index in [1.807, 2.05) is 0 Å². The zero-order valence-electron chi connectivity index (χ0n) is 11.2. The molecule has 0 fully saturated rings. The van der Waals surface area contributed by atoms with Crippen molar-refractivity contribution in [2.24, 2.45) is 0 Å². The van der Waals surface area contributed by atoms with Gasteiger partial charge >= 0.3 is 0 Å². The molecule has 0 aliphatic rings. The van der Waals surface area contributed by atoms with Gasteiger partial charge in [-0.15, -0.1) is 0 Å². The van der Waals surface area contributed by atoms with Crippen molar-refractivity contribution in [3.63, 3.8) is 0 Å². The van der Waals surface area contributed by atoms with Crippen molar-refractivity contribution in [3.8, 4) is 0 Å². The summed E-state index contributed by atoms with van der Waals surface area (Å²) in [6, 6.07) is 0. The molecule has 87 valence electrons. The van der Waals surface area contributed by atoms with E-state index in [0.29, 0.717) is 0 Å². The van der Waals surface area contributed by atoms with E-state index < -0.39 is 0 Å². The molecule has 1 rings (SSSR count). The molecule has 0 spiro atoms. The van der Waals surface area contributed by atoms with Crippen LogP contribution in [0, 0.1) is 72.2 Å². The van der Waals surface area contributed by atoms with Crippen LogP contribution < -0.4 is 0 Å². The molecular weight excluding hydrogens is 457 g/mol. The Labute approximate surface area is 136 Å². The fraction of sp³-hybridized carbons (Fsp3) is 0.500. The van der Waals surface area contributed by atoms with Crippen molar-refractivity contribution in [2.45, 2.75) is 48.0 Å². The molecular formula is C14H21UV-. The smallest absolute Gasteiger partial charge is 0 e. The Hall–Kier alpha value is 0.856. The first kappa shape index (κ1) is 19.2. The van der Waals surface area contributed by atoms with Crippen LogP contribution in [0.4, 0.5) is 0 Å². The van der Waals surface area contributed by atoms with Gasteiger partial charge in [0.05, 0.1) is 0 Å². The van der Waals surface area contributed by atoms with Gasteiger partial charge in [-0.3, -0.25) is 0 Å². The van der Waals surface area contributed by atoms with E-state index >= 15 is 0 Å². The van der Waals surface area contributed by atoms with E-state index in [1.165, 1.54) is 33.4 Å². The Balaban J connectivity index is 0. The maximum Gasteiger partial charge on any atom is 0 e. The van der Waals surface area contributed by atoms with E-state index in [9.17, 15) is 0 Å². The Morgan fingerprint density at radius 1 is 0.750 bits per heavy atom. The fourth-order valence-electron chi connectivity index (χ4n) is 2.09. The van der Waals surface area contributed by atoms with Gasteiger partial charge in [0.1, 0.15) is 0 Å². The van der Waals surface area contributed by atoms with E-state index in [-0.39, 0.29) is 49.7 Å². The summed E-state index contributed by atoms with van der Waals surface area (Å²) in [5.74, 6) is 0. The standard InChI is InChI=1S/C14H21.U.V/c1-7-8-14-12(5)10(3)9(2)11(4)13(14)6;;/h7H,8H2,1-6H3;;/q-1;;. The van der Waals surface area contributed by atoms with Crippen molar-refractivity contribution in [1.82, 2.24) is 0 Å². The fourth-order valence-corrected chi connectivity index (χ4v) is 2.09. The predicted octanol–water partition coefficient (Wildman–Crippen LogP) is 3.99. The van der Waals surface area contributed by atoms with E-state index in [0.717, 1.165) is 6.42 Å². The topological polar surface area (TPSA) is 0 Å². The molecule has 0 N–H and O–H groups in total. The maximum absolute atomic E-state index is 2.24. The second-order valence-electron chi connectivity index (χ2n) is 4.22. The van der Waals surface area contributed by atoms with Crippen molar-refractivity contribution in [3.05, 3.63) is 39.8 Å². The predicted molar refractivity (Wildman–Crippen MR) is 63.8 cm³/mol. The molecule has 1 aromatic rings. The molecule has 0 amide bonds. The van der Waals surface area contributed by atoms with Gasteiger partial charge in [0, 0.05) is 49.7 Å². The van der Waals surface area contributed by atoms with Gasteiger partial charge in [-0.05, 0) is 62.4 Å². The molecule has 1 aromatic carbocycles. The van der Waals surface area contributed by atoms with Gasteiger partial charge in [0.25, 0.3) is 0 Å². The number of rotatable bonds is 2. The van der Waals surface area contributed by atoms with Crippen molar-refractivity contribution >= 4 is 0 Å². The molecule has 0 aliphatic heterocycles. The van der Waals surface area contributed by atoms with Crippen molar-refractivity contribution < 1.29 is 49.7 Å². The Kier molecular flexibility index (Phi) is 9.66. The minimum Gasteiger partial charge on any atom is -0.327 e. The van der Waals surface area contributed by atoms with Crippen molar-refractivity contribution in [2.75, 3.05) is 0 Å². The van der Waals surface area contributed by atoms with Crippen LogP contribution in [0.2, 0.25) is 0 Å². The van der Waals surface area contributed by atoms with Crippen LogP contribution in [-0.4, -0.2) is 0 Å². The molecule has 0 saturated carbocycles. The molecule has 0 bridgehead atoms. The molecule has 0 nitrogen and oxygen atoms in total. The first-order valence-corrected chi connectivity index (χ1v) is 5.34. The van der Waals surface area contributed by atoms with Crippen LogP contribution in [0.25, 0.3) is 0 Å². The second kappa shape index (κ2) is 8.05. The summed E-state index contributed by atoms with van der Waals surface area (Å²) in [7, 11) is 0. The zero-order chi connectivity index (χ0) is 10.9. The second-order valence-corrected chi connectivity index (χ2v) is 4.22. The molecule has 0 heterocycles. The molecule has 0 atom stereocenters. The average molecular weight is 478 g/mol. The number of hydrogen-bond donors (Lipinski definition) is 0. The minimum absolute atomic E-state index is 0.